The molecule has 3 nitrogen and oxygen atoms in total. The summed E-state index contributed by atoms with van der Waals surface area (Å²) < 4.78 is 50.9. The van der Waals surface area contributed by atoms with Crippen molar-refractivity contribution in [2.45, 2.75) is 25.1 Å². The molecule has 20 heavy (non-hydrogen) atoms. The number of hydrogen-bond donors (Lipinski definition) is 0. The molecule has 0 aromatic heterocycles. The predicted molar refractivity (Wildman–Crippen MR) is 61.1 cm³/mol. The number of likely N-dealkylation sites (tertiary alicyclic amines) is 1. The third kappa shape index (κ3) is 2.59. The van der Waals surface area contributed by atoms with Crippen molar-refractivity contribution in [2.24, 2.45) is 0 Å². The molecule has 106 valence electrons. The van der Waals surface area contributed by atoms with Gasteiger partial charge in [0.05, 0.1) is 11.6 Å². The van der Waals surface area contributed by atoms with E-state index in [1.54, 1.807) is 0 Å². The lowest BCUT2D eigenvalue weighted by molar-refractivity contribution is -0.140. The van der Waals surface area contributed by atoms with Gasteiger partial charge in [-0.25, -0.2) is 4.39 Å². The number of carbonyl (C=O) groups is 1. The fourth-order valence-corrected chi connectivity index (χ4v) is 2.19. The van der Waals surface area contributed by atoms with E-state index in [4.69, 9.17) is 5.26 Å². The van der Waals surface area contributed by atoms with Gasteiger partial charge in [0.2, 0.25) is 0 Å². The Kier molecular flexibility index (Phi) is 3.66. The topological polar surface area (TPSA) is 44.1 Å². The summed E-state index contributed by atoms with van der Waals surface area (Å²) in [7, 11) is 0. The van der Waals surface area contributed by atoms with Crippen LogP contribution in [0, 0.1) is 17.1 Å². The van der Waals surface area contributed by atoms with Gasteiger partial charge in [-0.1, -0.05) is 0 Å². The largest absolute Gasteiger partial charge is 0.419 e. The van der Waals surface area contributed by atoms with E-state index in [1.165, 1.54) is 4.90 Å². The van der Waals surface area contributed by atoms with Gasteiger partial charge in [0, 0.05) is 12.1 Å². The highest BCUT2D eigenvalue weighted by atomic mass is 19.4. The lowest BCUT2D eigenvalue weighted by Crippen LogP contribution is -2.34. The summed E-state index contributed by atoms with van der Waals surface area (Å²) in [5.41, 5.74) is -1.74. The number of amides is 1. The lowest BCUT2D eigenvalue weighted by atomic mass is 10.1. The Labute approximate surface area is 112 Å². The molecule has 1 atom stereocenters. The van der Waals surface area contributed by atoms with Gasteiger partial charge in [-0.05, 0) is 31.0 Å². The zero-order chi connectivity index (χ0) is 14.9. The zero-order valence-corrected chi connectivity index (χ0v) is 10.2. The van der Waals surface area contributed by atoms with Crippen molar-refractivity contribution >= 4 is 5.91 Å². The Morgan fingerprint density at radius 3 is 2.70 bits per heavy atom. The minimum atomic E-state index is -4.86. The molecule has 0 bridgehead atoms. The maximum atomic E-state index is 13.2. The molecule has 1 heterocycles. The van der Waals surface area contributed by atoms with Gasteiger partial charge in [-0.3, -0.25) is 4.79 Å². The Balaban J connectivity index is 2.34. The molecule has 1 unspecified atom stereocenters. The molecule has 1 amide bonds. The second kappa shape index (κ2) is 5.12. The molecule has 1 aliphatic rings. The number of nitrogens with zero attached hydrogens (tertiary/aromatic N) is 2. The van der Waals surface area contributed by atoms with E-state index in [2.05, 4.69) is 0 Å². The summed E-state index contributed by atoms with van der Waals surface area (Å²) in [5.74, 6) is -2.10. The molecule has 0 N–H and O–H groups in total. The first-order chi connectivity index (χ1) is 9.34. The number of alkyl halides is 3. The summed E-state index contributed by atoms with van der Waals surface area (Å²) in [5, 5.41) is 8.88. The summed E-state index contributed by atoms with van der Waals surface area (Å²) >= 11 is 0. The average Bonchev–Trinajstić information content (AvgIpc) is 2.85. The predicted octanol–water partition coefficient (Wildman–Crippen LogP) is 2.97. The van der Waals surface area contributed by atoms with Crippen LogP contribution in [-0.2, 0) is 6.18 Å². The maximum Gasteiger partial charge on any atom is 0.419 e. The van der Waals surface area contributed by atoms with Crippen LogP contribution in [0.25, 0.3) is 0 Å². The Morgan fingerprint density at radius 2 is 2.10 bits per heavy atom. The van der Waals surface area contributed by atoms with Gasteiger partial charge >= 0.3 is 6.18 Å². The first kappa shape index (κ1) is 14.3. The summed E-state index contributed by atoms with van der Waals surface area (Å²) in [4.78, 5) is 13.3. The van der Waals surface area contributed by atoms with E-state index in [0.29, 0.717) is 31.5 Å². The minimum Gasteiger partial charge on any atom is -0.323 e. The summed E-state index contributed by atoms with van der Waals surface area (Å²) in [6.07, 6.45) is -3.74. The van der Waals surface area contributed by atoms with Crippen LogP contribution < -0.4 is 0 Å². The third-order valence-electron chi connectivity index (χ3n) is 3.18. The van der Waals surface area contributed by atoms with Gasteiger partial charge < -0.3 is 4.90 Å². The molecule has 0 aliphatic carbocycles. The van der Waals surface area contributed by atoms with Crippen LogP contribution in [0.15, 0.2) is 18.2 Å². The Hall–Kier alpha value is -2.10. The van der Waals surface area contributed by atoms with Crippen molar-refractivity contribution < 1.29 is 22.4 Å². The highest BCUT2D eigenvalue weighted by molar-refractivity contribution is 5.95. The zero-order valence-electron chi connectivity index (χ0n) is 10.2. The minimum absolute atomic E-state index is 0.263. The van der Waals surface area contributed by atoms with Crippen LogP contribution in [0.5, 0.6) is 0 Å². The third-order valence-corrected chi connectivity index (χ3v) is 3.18. The van der Waals surface area contributed by atoms with Gasteiger partial charge in [0.25, 0.3) is 5.91 Å². The van der Waals surface area contributed by atoms with E-state index >= 15 is 0 Å². The molecule has 2 rings (SSSR count). The molecule has 1 aliphatic heterocycles. The molecule has 0 spiro atoms. The molecular weight excluding hydrogens is 276 g/mol. The van der Waals surface area contributed by atoms with E-state index in [0.717, 1.165) is 6.07 Å². The number of halogens is 4. The van der Waals surface area contributed by atoms with E-state index in [9.17, 15) is 22.4 Å². The molecular formula is C13H10F4N2O. The molecule has 1 aromatic carbocycles. The highest BCUT2D eigenvalue weighted by Crippen LogP contribution is 2.32. The van der Waals surface area contributed by atoms with E-state index < -0.39 is 29.5 Å². The number of carbonyl (C=O) groups excluding carboxylic acids is 1. The lowest BCUT2D eigenvalue weighted by Gasteiger charge is -2.20. The van der Waals surface area contributed by atoms with Crippen LogP contribution >= 0.6 is 0 Å². The molecule has 7 heteroatoms. The van der Waals surface area contributed by atoms with Gasteiger partial charge in [0.15, 0.2) is 0 Å². The van der Waals surface area contributed by atoms with Crippen molar-refractivity contribution in [1.29, 1.82) is 5.26 Å². The molecule has 0 saturated carbocycles. The van der Waals surface area contributed by atoms with Crippen molar-refractivity contribution in [3.63, 3.8) is 0 Å². The molecule has 0 radical (unpaired) electrons. The fraction of sp³-hybridized carbons (Fsp3) is 0.385. The highest BCUT2D eigenvalue weighted by Gasteiger charge is 2.36. The van der Waals surface area contributed by atoms with Crippen LogP contribution in [0.1, 0.15) is 28.8 Å². The maximum absolute atomic E-state index is 13.2. The first-order valence-corrected chi connectivity index (χ1v) is 5.92. The van der Waals surface area contributed by atoms with Gasteiger partial charge in [-0.15, -0.1) is 0 Å². The van der Waals surface area contributed by atoms with E-state index in [1.807, 2.05) is 6.07 Å². The van der Waals surface area contributed by atoms with Gasteiger partial charge in [0.1, 0.15) is 11.9 Å². The van der Waals surface area contributed by atoms with Crippen molar-refractivity contribution in [3.05, 3.63) is 35.1 Å². The smallest absolute Gasteiger partial charge is 0.323 e. The number of rotatable bonds is 1. The van der Waals surface area contributed by atoms with Gasteiger partial charge in [-0.2, -0.15) is 18.4 Å². The number of nitriles is 1. The first-order valence-electron chi connectivity index (χ1n) is 5.92. The molecule has 1 aromatic rings. The molecule has 1 fully saturated rings. The van der Waals surface area contributed by atoms with Crippen LogP contribution in [0.4, 0.5) is 17.6 Å². The monoisotopic (exact) mass is 286 g/mol. The number of benzene rings is 1. The van der Waals surface area contributed by atoms with Crippen LogP contribution in [-0.4, -0.2) is 23.4 Å². The quantitative estimate of drug-likeness (QED) is 0.745. The van der Waals surface area contributed by atoms with Crippen molar-refractivity contribution in [1.82, 2.24) is 4.90 Å². The summed E-state index contributed by atoms with van der Waals surface area (Å²) in [6.45, 7) is 0.315. The van der Waals surface area contributed by atoms with Crippen molar-refractivity contribution in [2.75, 3.05) is 6.54 Å². The Morgan fingerprint density at radius 1 is 1.40 bits per heavy atom. The van der Waals surface area contributed by atoms with Crippen molar-refractivity contribution in [3.8, 4) is 6.07 Å². The second-order valence-corrected chi connectivity index (χ2v) is 4.48. The second-order valence-electron chi connectivity index (χ2n) is 4.48. The number of hydrogen-bond acceptors (Lipinski definition) is 2. The summed E-state index contributed by atoms with van der Waals surface area (Å²) in [6, 6.07) is 3.40. The van der Waals surface area contributed by atoms with E-state index in [-0.39, 0.29) is 5.56 Å². The molecule has 1 saturated heterocycles. The normalized spacial score (nSPS) is 18.9. The average molecular weight is 286 g/mol. The van der Waals surface area contributed by atoms with Crippen LogP contribution in [0.3, 0.4) is 0 Å². The standard InChI is InChI=1S/C13H10F4N2O/c14-11-4-3-8(6-10(11)13(15,16)17)12(20)19-5-1-2-9(19)7-18/h3-4,6,9H,1-2,5H2. The SMILES string of the molecule is N#CC1CCCN1C(=O)c1ccc(F)c(C(F)(F)F)c1. The Bertz CT molecular complexity index is 577. The van der Waals surface area contributed by atoms with Crippen LogP contribution in [0.2, 0.25) is 0 Å². The fourth-order valence-electron chi connectivity index (χ4n) is 2.19.